The van der Waals surface area contributed by atoms with E-state index >= 15 is 0 Å². The molecule has 0 amide bonds. The van der Waals surface area contributed by atoms with Crippen LogP contribution in [0.15, 0.2) is 18.2 Å². The van der Waals surface area contributed by atoms with Crippen LogP contribution in [0.1, 0.15) is 37.5 Å². The Morgan fingerprint density at radius 2 is 2.14 bits per heavy atom. The summed E-state index contributed by atoms with van der Waals surface area (Å²) < 4.78 is 15.8. The van der Waals surface area contributed by atoms with Crippen LogP contribution in [0.2, 0.25) is 0 Å². The third-order valence-electron chi connectivity index (χ3n) is 5.00. The fraction of sp³-hybridized carbons (Fsp3) is 0.562. The van der Waals surface area contributed by atoms with Gasteiger partial charge in [0.05, 0.1) is 16.9 Å². The Hall–Kier alpha value is -1.13. The second-order valence-electron chi connectivity index (χ2n) is 6.17. The molecular weight excluding hydrogens is 289 g/mol. The highest BCUT2D eigenvalue weighted by atomic mass is 35.5. The van der Waals surface area contributed by atoms with Crippen molar-refractivity contribution in [1.82, 2.24) is 14.5 Å². The van der Waals surface area contributed by atoms with Gasteiger partial charge < -0.3 is 9.47 Å². The Kier molecular flexibility index (Phi) is 3.38. The van der Waals surface area contributed by atoms with Crippen molar-refractivity contribution in [2.75, 3.05) is 13.1 Å². The largest absolute Gasteiger partial charge is 0.324 e. The van der Waals surface area contributed by atoms with Gasteiger partial charge >= 0.3 is 0 Å². The molecule has 0 bridgehead atoms. The van der Waals surface area contributed by atoms with Crippen molar-refractivity contribution >= 4 is 22.6 Å². The van der Waals surface area contributed by atoms with Crippen LogP contribution in [0.4, 0.5) is 4.39 Å². The molecule has 2 aromatic rings. The molecule has 2 saturated heterocycles. The maximum Gasteiger partial charge on any atom is 0.125 e. The van der Waals surface area contributed by atoms with Crippen LogP contribution in [-0.2, 0) is 5.88 Å². The minimum atomic E-state index is -0.205. The van der Waals surface area contributed by atoms with Crippen molar-refractivity contribution < 1.29 is 4.39 Å². The van der Waals surface area contributed by atoms with Gasteiger partial charge in [0.1, 0.15) is 11.6 Å². The molecule has 0 saturated carbocycles. The average Bonchev–Trinajstić information content (AvgIpc) is 3.09. The monoisotopic (exact) mass is 307 g/mol. The van der Waals surface area contributed by atoms with E-state index in [2.05, 4.69) is 14.5 Å². The number of piperidine rings is 1. The predicted octanol–water partition coefficient (Wildman–Crippen LogP) is 3.71. The second kappa shape index (κ2) is 5.25. The first-order chi connectivity index (χ1) is 10.3. The van der Waals surface area contributed by atoms with Gasteiger partial charge in [-0.05, 0) is 50.4 Å². The van der Waals surface area contributed by atoms with E-state index in [1.807, 2.05) is 0 Å². The lowest BCUT2D eigenvalue weighted by molar-refractivity contribution is 0.156. The van der Waals surface area contributed by atoms with E-state index in [9.17, 15) is 4.39 Å². The highest BCUT2D eigenvalue weighted by Crippen LogP contribution is 2.36. The highest BCUT2D eigenvalue weighted by molar-refractivity contribution is 6.16. The molecular formula is C16H19ClFN3. The predicted molar refractivity (Wildman–Crippen MR) is 82.1 cm³/mol. The van der Waals surface area contributed by atoms with Gasteiger partial charge in [0.2, 0.25) is 0 Å². The lowest BCUT2D eigenvalue weighted by atomic mass is 9.97. The van der Waals surface area contributed by atoms with Gasteiger partial charge in [-0.3, -0.25) is 0 Å². The molecule has 3 heterocycles. The number of aromatic nitrogens is 2. The fourth-order valence-electron chi connectivity index (χ4n) is 4.06. The topological polar surface area (TPSA) is 21.1 Å². The average molecular weight is 308 g/mol. The molecule has 2 fully saturated rings. The Morgan fingerprint density at radius 1 is 1.24 bits per heavy atom. The van der Waals surface area contributed by atoms with Crippen molar-refractivity contribution in [3.05, 3.63) is 29.8 Å². The molecule has 4 rings (SSSR count). The Balaban J connectivity index is 1.76. The summed E-state index contributed by atoms with van der Waals surface area (Å²) in [5.74, 6) is 1.04. The molecule has 2 unspecified atom stereocenters. The van der Waals surface area contributed by atoms with E-state index in [0.717, 1.165) is 36.2 Å². The molecule has 112 valence electrons. The van der Waals surface area contributed by atoms with Crippen molar-refractivity contribution in [2.45, 2.75) is 43.6 Å². The summed E-state index contributed by atoms with van der Waals surface area (Å²) in [4.78, 5) is 7.18. The molecule has 21 heavy (non-hydrogen) atoms. The lowest BCUT2D eigenvalue weighted by Crippen LogP contribution is -2.38. The summed E-state index contributed by atoms with van der Waals surface area (Å²) in [6, 6.07) is 5.89. The first-order valence-corrected chi connectivity index (χ1v) is 8.26. The number of imidazole rings is 1. The van der Waals surface area contributed by atoms with Crippen LogP contribution in [0.5, 0.6) is 0 Å². The zero-order valence-electron chi connectivity index (χ0n) is 11.9. The second-order valence-corrected chi connectivity index (χ2v) is 6.44. The first kappa shape index (κ1) is 13.5. The molecule has 3 nitrogen and oxygen atoms in total. The molecule has 0 spiro atoms. The van der Waals surface area contributed by atoms with Gasteiger partial charge in [-0.2, -0.15) is 0 Å². The minimum Gasteiger partial charge on any atom is -0.324 e. The van der Waals surface area contributed by atoms with Crippen LogP contribution < -0.4 is 0 Å². The Morgan fingerprint density at radius 3 is 3.00 bits per heavy atom. The van der Waals surface area contributed by atoms with Gasteiger partial charge in [0.25, 0.3) is 0 Å². The van der Waals surface area contributed by atoms with E-state index in [1.54, 1.807) is 12.1 Å². The third kappa shape index (κ3) is 2.25. The van der Waals surface area contributed by atoms with Gasteiger partial charge in [-0.15, -0.1) is 11.6 Å². The van der Waals surface area contributed by atoms with Crippen LogP contribution in [-0.4, -0.2) is 33.6 Å². The van der Waals surface area contributed by atoms with Crippen LogP contribution >= 0.6 is 11.6 Å². The zero-order valence-corrected chi connectivity index (χ0v) is 12.7. The fourth-order valence-corrected chi connectivity index (χ4v) is 4.24. The van der Waals surface area contributed by atoms with Gasteiger partial charge in [-0.1, -0.05) is 0 Å². The molecule has 0 aliphatic carbocycles. The van der Waals surface area contributed by atoms with E-state index in [1.165, 1.54) is 25.5 Å². The number of benzene rings is 1. The highest BCUT2D eigenvalue weighted by Gasteiger charge is 2.33. The van der Waals surface area contributed by atoms with Crippen LogP contribution in [0.25, 0.3) is 11.0 Å². The van der Waals surface area contributed by atoms with Crippen molar-refractivity contribution in [1.29, 1.82) is 0 Å². The number of rotatable bonds is 2. The quantitative estimate of drug-likeness (QED) is 0.789. The Bertz CT molecular complexity index is 669. The van der Waals surface area contributed by atoms with E-state index in [0.29, 0.717) is 18.0 Å². The minimum absolute atomic E-state index is 0.205. The van der Waals surface area contributed by atoms with Crippen molar-refractivity contribution in [2.24, 2.45) is 0 Å². The molecule has 2 aliphatic heterocycles. The normalized spacial score (nSPS) is 26.4. The summed E-state index contributed by atoms with van der Waals surface area (Å²) in [5.41, 5.74) is 1.74. The molecule has 1 aromatic heterocycles. The third-order valence-corrected chi connectivity index (χ3v) is 5.24. The van der Waals surface area contributed by atoms with E-state index < -0.39 is 0 Å². The van der Waals surface area contributed by atoms with Crippen molar-refractivity contribution in [3.8, 4) is 0 Å². The number of fused-ring (bicyclic) bond motifs is 2. The molecule has 2 atom stereocenters. The first-order valence-electron chi connectivity index (χ1n) is 7.72. The molecule has 1 aromatic carbocycles. The maximum absolute atomic E-state index is 13.6. The number of hydrogen-bond donors (Lipinski definition) is 0. The number of nitrogens with zero attached hydrogens (tertiary/aromatic N) is 3. The smallest absolute Gasteiger partial charge is 0.125 e. The summed E-state index contributed by atoms with van der Waals surface area (Å²) >= 11 is 6.09. The van der Waals surface area contributed by atoms with Gasteiger partial charge in [0, 0.05) is 18.6 Å². The zero-order chi connectivity index (χ0) is 14.4. The van der Waals surface area contributed by atoms with Crippen molar-refractivity contribution in [3.63, 3.8) is 0 Å². The summed E-state index contributed by atoms with van der Waals surface area (Å²) in [5, 5.41) is 0. The lowest BCUT2D eigenvalue weighted by Gasteiger charge is -2.36. The summed E-state index contributed by atoms with van der Waals surface area (Å²) in [6.45, 7) is 2.37. The Labute approximate surface area is 128 Å². The van der Waals surface area contributed by atoms with Gasteiger partial charge in [0.15, 0.2) is 0 Å². The van der Waals surface area contributed by atoms with Crippen LogP contribution in [0, 0.1) is 5.82 Å². The van der Waals surface area contributed by atoms with E-state index in [4.69, 9.17) is 11.6 Å². The van der Waals surface area contributed by atoms with Gasteiger partial charge in [-0.25, -0.2) is 9.37 Å². The summed E-state index contributed by atoms with van der Waals surface area (Å²) in [7, 11) is 0. The molecule has 5 heteroatoms. The number of hydrogen-bond acceptors (Lipinski definition) is 2. The standard InChI is InChI=1S/C16H19ClFN3/c17-10-16-19-14-4-3-11(18)8-15(14)21(16)13-5-7-20-6-1-2-12(20)9-13/h3-4,8,12-13H,1-2,5-7,9-10H2. The maximum atomic E-state index is 13.6. The number of halogens is 2. The number of alkyl halides is 1. The van der Waals surface area contributed by atoms with Crippen LogP contribution in [0.3, 0.4) is 0 Å². The molecule has 2 aliphatic rings. The SMILES string of the molecule is Fc1ccc2nc(CCl)n(C3CCN4CCCC4C3)c2c1. The molecule has 0 N–H and O–H groups in total. The molecule has 0 radical (unpaired) electrons. The van der Waals surface area contributed by atoms with E-state index in [-0.39, 0.29) is 5.82 Å². The summed E-state index contributed by atoms with van der Waals surface area (Å²) in [6.07, 6.45) is 4.82.